The summed E-state index contributed by atoms with van der Waals surface area (Å²) in [6.45, 7) is 0. The summed E-state index contributed by atoms with van der Waals surface area (Å²) in [5.41, 5.74) is 6.66. The van der Waals surface area contributed by atoms with Gasteiger partial charge in [-0.15, -0.1) is 0 Å². The van der Waals surface area contributed by atoms with E-state index >= 15 is 0 Å². The van der Waals surface area contributed by atoms with Crippen LogP contribution in [0.5, 0.6) is 0 Å². The molecule has 2 unspecified atom stereocenters. The fourth-order valence-electron chi connectivity index (χ4n) is 1.65. The van der Waals surface area contributed by atoms with Gasteiger partial charge in [-0.3, -0.25) is 4.79 Å². The number of rotatable bonds is 6. The molecule has 0 amide bonds. The van der Waals surface area contributed by atoms with Crippen molar-refractivity contribution in [2.24, 2.45) is 5.73 Å². The molecule has 3 N–H and O–H groups in total. The van der Waals surface area contributed by atoms with Crippen molar-refractivity contribution in [1.82, 2.24) is 0 Å². The third-order valence-electron chi connectivity index (χ3n) is 2.74. The van der Waals surface area contributed by atoms with E-state index in [9.17, 15) is 4.79 Å². The van der Waals surface area contributed by atoms with Gasteiger partial charge in [-0.1, -0.05) is 23.8 Å². The third-order valence-corrected chi connectivity index (χ3v) is 2.74. The lowest BCUT2D eigenvalue weighted by atomic mass is 9.99. The minimum Gasteiger partial charge on any atom is -0.480 e. The predicted molar refractivity (Wildman–Crippen MR) is 62.1 cm³/mol. The van der Waals surface area contributed by atoms with E-state index in [2.05, 4.69) is 6.08 Å². The Morgan fingerprint density at radius 3 is 3.00 bits per heavy atom. The summed E-state index contributed by atoms with van der Waals surface area (Å²) in [7, 11) is 1.69. The van der Waals surface area contributed by atoms with Gasteiger partial charge in [0.1, 0.15) is 6.04 Å². The highest BCUT2D eigenvalue weighted by atomic mass is 16.5. The number of ether oxygens (including phenoxy) is 1. The Bertz CT molecular complexity index is 297. The van der Waals surface area contributed by atoms with E-state index in [0.717, 1.165) is 19.3 Å². The van der Waals surface area contributed by atoms with Gasteiger partial charge in [0.05, 0.1) is 6.10 Å². The summed E-state index contributed by atoms with van der Waals surface area (Å²) in [6.07, 6.45) is 9.51. The molecule has 0 radical (unpaired) electrons. The number of carboxylic acids is 1. The Morgan fingerprint density at radius 1 is 1.75 bits per heavy atom. The predicted octanol–water partition coefficient (Wildman–Crippen LogP) is 1.47. The van der Waals surface area contributed by atoms with E-state index in [-0.39, 0.29) is 6.10 Å². The van der Waals surface area contributed by atoms with Crippen LogP contribution < -0.4 is 5.73 Å². The van der Waals surface area contributed by atoms with Crippen molar-refractivity contribution < 1.29 is 14.6 Å². The number of aliphatic carboxylic acids is 1. The molecule has 4 nitrogen and oxygen atoms in total. The number of nitrogens with two attached hydrogens (primary N) is 1. The number of methoxy groups -OCH3 is 1. The van der Waals surface area contributed by atoms with Crippen molar-refractivity contribution in [2.45, 2.75) is 37.8 Å². The van der Waals surface area contributed by atoms with Crippen LogP contribution in [0.1, 0.15) is 25.7 Å². The summed E-state index contributed by atoms with van der Waals surface area (Å²) in [6, 6.07) is -0.736. The number of carbonyl (C=O) groups is 1. The molecule has 0 fully saturated rings. The fourth-order valence-corrected chi connectivity index (χ4v) is 1.65. The minimum absolute atomic E-state index is 0.185. The van der Waals surface area contributed by atoms with Crippen LogP contribution in [0, 0.1) is 0 Å². The molecule has 0 heterocycles. The van der Waals surface area contributed by atoms with Crippen molar-refractivity contribution in [3.63, 3.8) is 0 Å². The van der Waals surface area contributed by atoms with E-state index in [1.54, 1.807) is 7.11 Å². The lowest BCUT2D eigenvalue weighted by Crippen LogP contribution is -2.29. The molecule has 0 bridgehead atoms. The molecule has 1 aliphatic rings. The first-order chi connectivity index (χ1) is 7.63. The monoisotopic (exact) mass is 225 g/mol. The Kier molecular flexibility index (Phi) is 5.22. The van der Waals surface area contributed by atoms with Crippen molar-refractivity contribution in [3.05, 3.63) is 23.8 Å². The van der Waals surface area contributed by atoms with Crippen LogP contribution in [0.25, 0.3) is 0 Å². The van der Waals surface area contributed by atoms with Gasteiger partial charge in [0.15, 0.2) is 0 Å². The topological polar surface area (TPSA) is 72.5 Å². The fraction of sp³-hybridized carbons (Fsp3) is 0.583. The molecule has 90 valence electrons. The summed E-state index contributed by atoms with van der Waals surface area (Å²) in [5, 5.41) is 8.62. The highest BCUT2D eigenvalue weighted by Gasteiger charge is 2.11. The summed E-state index contributed by atoms with van der Waals surface area (Å²) >= 11 is 0. The van der Waals surface area contributed by atoms with Crippen molar-refractivity contribution in [3.8, 4) is 0 Å². The zero-order valence-corrected chi connectivity index (χ0v) is 9.56. The van der Waals surface area contributed by atoms with Gasteiger partial charge >= 0.3 is 5.97 Å². The van der Waals surface area contributed by atoms with E-state index in [1.165, 1.54) is 5.57 Å². The Balaban J connectivity index is 2.22. The SMILES string of the molecule is COC1C=CC(CCCC(N)C(=O)O)=CC1. The standard InChI is InChI=1S/C12H19NO3/c1-16-10-7-5-9(6-8-10)3-2-4-11(13)12(14)15/h5-7,10-11H,2-4,8,13H2,1H3,(H,14,15). The Hall–Kier alpha value is -1.13. The average molecular weight is 225 g/mol. The van der Waals surface area contributed by atoms with Gasteiger partial charge in [-0.05, 0) is 25.7 Å². The maximum absolute atomic E-state index is 10.5. The Morgan fingerprint density at radius 2 is 2.50 bits per heavy atom. The zero-order valence-electron chi connectivity index (χ0n) is 9.56. The van der Waals surface area contributed by atoms with Crippen molar-refractivity contribution >= 4 is 5.97 Å². The number of allylic oxidation sites excluding steroid dienone is 2. The smallest absolute Gasteiger partial charge is 0.320 e. The van der Waals surface area contributed by atoms with Crippen LogP contribution in [0.15, 0.2) is 23.8 Å². The second-order valence-corrected chi connectivity index (χ2v) is 3.98. The minimum atomic E-state index is -0.924. The first kappa shape index (κ1) is 12.9. The molecule has 0 saturated carbocycles. The number of hydrogen-bond donors (Lipinski definition) is 2. The van der Waals surface area contributed by atoms with Crippen LogP contribution in [0.4, 0.5) is 0 Å². The first-order valence-corrected chi connectivity index (χ1v) is 5.52. The highest BCUT2D eigenvalue weighted by molar-refractivity contribution is 5.72. The molecule has 0 spiro atoms. The van der Waals surface area contributed by atoms with Crippen LogP contribution in [0.2, 0.25) is 0 Å². The van der Waals surface area contributed by atoms with Crippen molar-refractivity contribution in [2.75, 3.05) is 7.11 Å². The molecule has 0 aromatic heterocycles. The van der Waals surface area contributed by atoms with Crippen LogP contribution >= 0.6 is 0 Å². The molecular weight excluding hydrogens is 206 g/mol. The maximum atomic E-state index is 10.5. The van der Waals surface area contributed by atoms with E-state index in [4.69, 9.17) is 15.6 Å². The first-order valence-electron chi connectivity index (χ1n) is 5.52. The average Bonchev–Trinajstić information content (AvgIpc) is 2.29. The van der Waals surface area contributed by atoms with Crippen LogP contribution in [-0.4, -0.2) is 30.3 Å². The van der Waals surface area contributed by atoms with Gasteiger partial charge < -0.3 is 15.6 Å². The van der Waals surface area contributed by atoms with Crippen molar-refractivity contribution in [1.29, 1.82) is 0 Å². The molecule has 16 heavy (non-hydrogen) atoms. The third kappa shape index (κ3) is 4.16. The zero-order chi connectivity index (χ0) is 12.0. The van der Waals surface area contributed by atoms with Gasteiger partial charge in [0, 0.05) is 7.11 Å². The normalized spacial score (nSPS) is 21.6. The molecule has 0 aromatic rings. The lowest BCUT2D eigenvalue weighted by molar-refractivity contribution is -0.138. The molecule has 4 heteroatoms. The van der Waals surface area contributed by atoms with Gasteiger partial charge in [0.2, 0.25) is 0 Å². The van der Waals surface area contributed by atoms with Gasteiger partial charge in [-0.25, -0.2) is 0 Å². The maximum Gasteiger partial charge on any atom is 0.320 e. The second kappa shape index (κ2) is 6.45. The van der Waals surface area contributed by atoms with E-state index < -0.39 is 12.0 Å². The molecule has 1 aliphatic carbocycles. The molecular formula is C12H19NO3. The molecule has 2 atom stereocenters. The van der Waals surface area contributed by atoms with E-state index in [0.29, 0.717) is 6.42 Å². The lowest BCUT2D eigenvalue weighted by Gasteiger charge is -2.14. The van der Waals surface area contributed by atoms with Gasteiger partial charge in [0.25, 0.3) is 0 Å². The molecule has 1 rings (SSSR count). The summed E-state index contributed by atoms with van der Waals surface area (Å²) in [5.74, 6) is -0.924. The van der Waals surface area contributed by atoms with E-state index in [1.807, 2.05) is 12.2 Å². The summed E-state index contributed by atoms with van der Waals surface area (Å²) < 4.78 is 5.18. The Labute approximate surface area is 95.8 Å². The van der Waals surface area contributed by atoms with Crippen LogP contribution in [0.3, 0.4) is 0 Å². The quantitative estimate of drug-likeness (QED) is 0.718. The summed E-state index contributed by atoms with van der Waals surface area (Å²) in [4.78, 5) is 10.5. The second-order valence-electron chi connectivity index (χ2n) is 3.98. The van der Waals surface area contributed by atoms with Crippen LogP contribution in [-0.2, 0) is 9.53 Å². The highest BCUT2D eigenvalue weighted by Crippen LogP contribution is 2.17. The molecule has 0 aliphatic heterocycles. The molecule has 0 aromatic carbocycles. The number of hydrogen-bond acceptors (Lipinski definition) is 3. The molecule has 0 saturated heterocycles. The number of carboxylic acid groups (broad SMARTS) is 1. The van der Waals surface area contributed by atoms with Gasteiger partial charge in [-0.2, -0.15) is 0 Å². The largest absolute Gasteiger partial charge is 0.480 e.